The molecular formula is C18H21N3O. The van der Waals surface area contributed by atoms with Crippen LogP contribution in [-0.2, 0) is 0 Å². The highest BCUT2D eigenvalue weighted by Gasteiger charge is 2.25. The average Bonchev–Trinajstić information content (AvgIpc) is 3.09. The number of amides is 1. The fourth-order valence-electron chi connectivity index (χ4n) is 2.88. The average molecular weight is 295 g/mol. The van der Waals surface area contributed by atoms with Crippen molar-refractivity contribution in [2.24, 2.45) is 0 Å². The Morgan fingerprint density at radius 2 is 2.00 bits per heavy atom. The maximum absolute atomic E-state index is 12.7. The second-order valence-electron chi connectivity index (χ2n) is 5.76. The van der Waals surface area contributed by atoms with Crippen LogP contribution in [0.4, 0.5) is 0 Å². The summed E-state index contributed by atoms with van der Waals surface area (Å²) in [7, 11) is 1.88. The third-order valence-corrected chi connectivity index (χ3v) is 4.29. The lowest BCUT2D eigenvalue weighted by atomic mass is 10.1. The lowest BCUT2D eigenvalue weighted by Gasteiger charge is -2.24. The maximum atomic E-state index is 12.7. The molecule has 1 aliphatic heterocycles. The zero-order valence-electron chi connectivity index (χ0n) is 13.0. The van der Waals surface area contributed by atoms with Gasteiger partial charge in [0.05, 0.1) is 17.0 Å². The monoisotopic (exact) mass is 295 g/mol. The molecule has 22 heavy (non-hydrogen) atoms. The fraction of sp³-hybridized carbons (Fsp3) is 0.333. The second-order valence-corrected chi connectivity index (χ2v) is 5.76. The van der Waals surface area contributed by atoms with Gasteiger partial charge in [-0.1, -0.05) is 30.3 Å². The van der Waals surface area contributed by atoms with Crippen molar-refractivity contribution in [2.45, 2.75) is 19.4 Å². The van der Waals surface area contributed by atoms with Crippen LogP contribution in [0.15, 0.2) is 42.5 Å². The Labute approximate surface area is 131 Å². The van der Waals surface area contributed by atoms with Crippen molar-refractivity contribution >= 4 is 5.91 Å². The second kappa shape index (κ2) is 6.28. The number of nitrogens with one attached hydrogen (secondary N) is 1. The summed E-state index contributed by atoms with van der Waals surface area (Å²) in [5.74, 6) is 0.0540. The van der Waals surface area contributed by atoms with E-state index in [4.69, 9.17) is 0 Å². The summed E-state index contributed by atoms with van der Waals surface area (Å²) < 4.78 is 0. The minimum atomic E-state index is 0.0540. The summed E-state index contributed by atoms with van der Waals surface area (Å²) in [5.41, 5.74) is 3.44. The van der Waals surface area contributed by atoms with E-state index in [0.717, 1.165) is 36.5 Å². The Hall–Kier alpha value is -2.20. The summed E-state index contributed by atoms with van der Waals surface area (Å²) in [6.07, 6.45) is 1.01. The first-order valence-electron chi connectivity index (χ1n) is 7.68. The van der Waals surface area contributed by atoms with Gasteiger partial charge in [-0.15, -0.1) is 0 Å². The number of likely N-dealkylation sites (N-methyl/N-ethyl adjacent to an activating group) is 1. The SMILES string of the molecule is Cc1nc(-c2ccccc2)ccc1C(=O)N(C)C1CCNC1. The first-order chi connectivity index (χ1) is 10.7. The third kappa shape index (κ3) is 2.88. The molecule has 1 saturated heterocycles. The van der Waals surface area contributed by atoms with Gasteiger partial charge in [-0.25, -0.2) is 0 Å². The standard InChI is InChI=1S/C18H21N3O/c1-13-16(18(22)21(2)15-10-11-19-12-15)8-9-17(20-13)14-6-4-3-5-7-14/h3-9,15,19H,10-12H2,1-2H3. The molecule has 114 valence electrons. The van der Waals surface area contributed by atoms with Crippen LogP contribution in [-0.4, -0.2) is 42.0 Å². The molecule has 1 N–H and O–H groups in total. The molecule has 2 aromatic rings. The van der Waals surface area contributed by atoms with Crippen molar-refractivity contribution in [1.82, 2.24) is 15.2 Å². The molecule has 1 unspecified atom stereocenters. The molecule has 1 atom stereocenters. The zero-order chi connectivity index (χ0) is 15.5. The molecule has 0 spiro atoms. The van der Waals surface area contributed by atoms with Gasteiger partial charge in [0.15, 0.2) is 0 Å². The minimum absolute atomic E-state index is 0.0540. The number of hydrogen-bond acceptors (Lipinski definition) is 3. The van der Waals surface area contributed by atoms with Gasteiger partial charge in [0.25, 0.3) is 5.91 Å². The van der Waals surface area contributed by atoms with Gasteiger partial charge in [-0.05, 0) is 32.0 Å². The van der Waals surface area contributed by atoms with E-state index in [1.807, 2.05) is 61.3 Å². The molecule has 0 bridgehead atoms. The number of aryl methyl sites for hydroxylation is 1. The summed E-state index contributed by atoms with van der Waals surface area (Å²) >= 11 is 0. The molecule has 4 heteroatoms. The van der Waals surface area contributed by atoms with Crippen LogP contribution in [0.1, 0.15) is 22.5 Å². The Balaban J connectivity index is 1.84. The minimum Gasteiger partial charge on any atom is -0.337 e. The van der Waals surface area contributed by atoms with E-state index in [2.05, 4.69) is 10.3 Å². The summed E-state index contributed by atoms with van der Waals surface area (Å²) in [4.78, 5) is 19.1. The number of hydrogen-bond donors (Lipinski definition) is 1. The van der Waals surface area contributed by atoms with Gasteiger partial charge in [-0.2, -0.15) is 0 Å². The summed E-state index contributed by atoms with van der Waals surface area (Å²) in [5, 5.41) is 3.30. The Morgan fingerprint density at radius 3 is 2.64 bits per heavy atom. The molecule has 1 fully saturated rings. The number of benzene rings is 1. The number of aromatic nitrogens is 1. The van der Waals surface area contributed by atoms with Crippen LogP contribution < -0.4 is 5.32 Å². The van der Waals surface area contributed by atoms with E-state index < -0.39 is 0 Å². The van der Waals surface area contributed by atoms with Gasteiger partial charge < -0.3 is 10.2 Å². The molecular weight excluding hydrogens is 274 g/mol. The van der Waals surface area contributed by atoms with E-state index in [-0.39, 0.29) is 11.9 Å². The Bertz CT molecular complexity index is 663. The van der Waals surface area contributed by atoms with Crippen LogP contribution in [0, 0.1) is 6.92 Å². The van der Waals surface area contributed by atoms with Crippen molar-refractivity contribution in [2.75, 3.05) is 20.1 Å². The summed E-state index contributed by atoms with van der Waals surface area (Å²) in [6.45, 7) is 3.75. The van der Waals surface area contributed by atoms with Gasteiger partial charge in [-0.3, -0.25) is 9.78 Å². The maximum Gasteiger partial charge on any atom is 0.255 e. The molecule has 4 nitrogen and oxygen atoms in total. The van der Waals surface area contributed by atoms with Gasteiger partial charge in [0.1, 0.15) is 0 Å². The molecule has 1 amide bonds. The number of pyridine rings is 1. The first kappa shape index (κ1) is 14.7. The number of carbonyl (C=O) groups is 1. The third-order valence-electron chi connectivity index (χ3n) is 4.29. The topological polar surface area (TPSA) is 45.2 Å². The lowest BCUT2D eigenvalue weighted by molar-refractivity contribution is 0.0742. The highest BCUT2D eigenvalue weighted by Crippen LogP contribution is 2.20. The molecule has 2 heterocycles. The van der Waals surface area contributed by atoms with Crippen LogP contribution in [0.3, 0.4) is 0 Å². The molecule has 3 rings (SSSR count). The van der Waals surface area contributed by atoms with Crippen molar-refractivity contribution < 1.29 is 4.79 Å². The van der Waals surface area contributed by atoms with E-state index in [9.17, 15) is 4.79 Å². The van der Waals surface area contributed by atoms with Gasteiger partial charge >= 0.3 is 0 Å². The van der Waals surface area contributed by atoms with Crippen molar-refractivity contribution in [1.29, 1.82) is 0 Å². The molecule has 1 aliphatic rings. The normalized spacial score (nSPS) is 17.5. The Kier molecular flexibility index (Phi) is 4.20. The number of carbonyl (C=O) groups excluding carboxylic acids is 1. The van der Waals surface area contributed by atoms with E-state index in [0.29, 0.717) is 5.56 Å². The van der Waals surface area contributed by atoms with Gasteiger partial charge in [0, 0.05) is 25.2 Å². The molecule has 1 aromatic heterocycles. The molecule has 0 saturated carbocycles. The largest absolute Gasteiger partial charge is 0.337 e. The van der Waals surface area contributed by atoms with E-state index in [1.165, 1.54) is 0 Å². The molecule has 1 aromatic carbocycles. The Morgan fingerprint density at radius 1 is 1.23 bits per heavy atom. The first-order valence-corrected chi connectivity index (χ1v) is 7.68. The van der Waals surface area contributed by atoms with Gasteiger partial charge in [0.2, 0.25) is 0 Å². The predicted octanol–water partition coefficient (Wildman–Crippen LogP) is 2.49. The quantitative estimate of drug-likeness (QED) is 0.946. The highest BCUT2D eigenvalue weighted by molar-refractivity contribution is 5.95. The molecule has 0 aliphatic carbocycles. The van der Waals surface area contributed by atoms with Crippen molar-refractivity contribution in [3.8, 4) is 11.3 Å². The van der Waals surface area contributed by atoms with Crippen LogP contribution in [0.25, 0.3) is 11.3 Å². The van der Waals surface area contributed by atoms with Crippen LogP contribution >= 0.6 is 0 Å². The highest BCUT2D eigenvalue weighted by atomic mass is 16.2. The van der Waals surface area contributed by atoms with Crippen molar-refractivity contribution in [3.05, 3.63) is 53.7 Å². The lowest BCUT2D eigenvalue weighted by Crippen LogP contribution is -2.38. The molecule has 0 radical (unpaired) electrons. The number of rotatable bonds is 3. The van der Waals surface area contributed by atoms with Crippen molar-refractivity contribution in [3.63, 3.8) is 0 Å². The van der Waals surface area contributed by atoms with Crippen LogP contribution in [0.2, 0.25) is 0 Å². The summed E-state index contributed by atoms with van der Waals surface area (Å²) in [6, 6.07) is 14.1. The fourth-order valence-corrected chi connectivity index (χ4v) is 2.88. The van der Waals surface area contributed by atoms with E-state index in [1.54, 1.807) is 0 Å². The predicted molar refractivity (Wildman–Crippen MR) is 87.8 cm³/mol. The number of nitrogens with zero attached hydrogens (tertiary/aromatic N) is 2. The zero-order valence-corrected chi connectivity index (χ0v) is 13.0. The smallest absolute Gasteiger partial charge is 0.255 e. The van der Waals surface area contributed by atoms with E-state index >= 15 is 0 Å². The van der Waals surface area contributed by atoms with Crippen LogP contribution in [0.5, 0.6) is 0 Å².